The summed E-state index contributed by atoms with van der Waals surface area (Å²) in [5.74, 6) is 0.513. The zero-order valence-corrected chi connectivity index (χ0v) is 14.5. The van der Waals surface area contributed by atoms with E-state index in [1.165, 1.54) is 22.3 Å². The first kappa shape index (κ1) is 20.8. The Labute approximate surface area is 126 Å². The molecule has 0 radical (unpaired) electrons. The highest BCUT2D eigenvalue weighted by Crippen LogP contribution is 2.29. The van der Waals surface area contributed by atoms with Gasteiger partial charge in [-0.2, -0.15) is 5.26 Å². The number of benzene rings is 1. The van der Waals surface area contributed by atoms with Gasteiger partial charge < -0.3 is 0 Å². The van der Waals surface area contributed by atoms with Gasteiger partial charge in [0.05, 0.1) is 12.0 Å². The maximum Gasteiger partial charge on any atom is 0.0701 e. The second-order valence-electron chi connectivity index (χ2n) is 4.92. The van der Waals surface area contributed by atoms with Gasteiger partial charge in [0.25, 0.3) is 0 Å². The molecule has 0 spiro atoms. The molecule has 0 saturated heterocycles. The highest BCUT2D eigenvalue weighted by Gasteiger charge is 2.14. The number of hydrogen-bond donors (Lipinski definition) is 0. The Bertz CT molecular complexity index is 436. The average molecular weight is 273 g/mol. The van der Waals surface area contributed by atoms with Gasteiger partial charge in [0, 0.05) is 0 Å². The highest BCUT2D eigenvalue weighted by atomic mass is 14.3. The van der Waals surface area contributed by atoms with Crippen LogP contribution in [0.15, 0.2) is 24.8 Å². The molecule has 1 rings (SSSR count). The van der Waals surface area contributed by atoms with Crippen molar-refractivity contribution in [2.24, 2.45) is 0 Å². The van der Waals surface area contributed by atoms with Crippen LogP contribution in [0, 0.1) is 25.2 Å². The van der Waals surface area contributed by atoms with E-state index in [-0.39, 0.29) is 5.92 Å². The molecule has 0 aliphatic carbocycles. The summed E-state index contributed by atoms with van der Waals surface area (Å²) < 4.78 is 0. The van der Waals surface area contributed by atoms with Gasteiger partial charge in [-0.05, 0) is 55.9 Å². The number of hydrogen-bond acceptors (Lipinski definition) is 1. The summed E-state index contributed by atoms with van der Waals surface area (Å²) in [6.45, 7) is 19.8. The molecule has 0 saturated carbocycles. The fourth-order valence-corrected chi connectivity index (χ4v) is 2.24. The second kappa shape index (κ2) is 11.3. The van der Waals surface area contributed by atoms with Crippen LogP contribution in [0.1, 0.15) is 75.6 Å². The maximum absolute atomic E-state index is 9.02. The van der Waals surface area contributed by atoms with Gasteiger partial charge in [-0.3, -0.25) is 0 Å². The van der Waals surface area contributed by atoms with Crippen molar-refractivity contribution in [2.75, 3.05) is 0 Å². The lowest BCUT2D eigenvalue weighted by Gasteiger charge is -2.17. The van der Waals surface area contributed by atoms with Crippen LogP contribution in [-0.4, -0.2) is 0 Å². The van der Waals surface area contributed by atoms with Crippen molar-refractivity contribution in [2.45, 2.75) is 67.2 Å². The van der Waals surface area contributed by atoms with Gasteiger partial charge >= 0.3 is 0 Å². The monoisotopic (exact) mass is 273 g/mol. The minimum atomic E-state index is -0.0105. The first-order valence-corrected chi connectivity index (χ1v) is 7.47. The van der Waals surface area contributed by atoms with Crippen molar-refractivity contribution in [3.8, 4) is 6.07 Å². The van der Waals surface area contributed by atoms with Crippen molar-refractivity contribution in [3.05, 3.63) is 47.0 Å². The second-order valence-corrected chi connectivity index (χ2v) is 4.92. The molecule has 1 aromatic carbocycles. The SMILES string of the molecule is C=CC.CC.Cc1ccc(C(C)C)c(C)c1C(C)C#N. The average Bonchev–Trinajstić information content (AvgIpc) is 2.41. The Balaban J connectivity index is 0. The minimum Gasteiger partial charge on any atom is -0.198 e. The molecule has 0 aliphatic rings. The lowest BCUT2D eigenvalue weighted by atomic mass is 9.86. The fourth-order valence-electron chi connectivity index (χ4n) is 2.24. The van der Waals surface area contributed by atoms with E-state index in [9.17, 15) is 0 Å². The molecule has 0 bridgehead atoms. The van der Waals surface area contributed by atoms with Crippen LogP contribution >= 0.6 is 0 Å². The van der Waals surface area contributed by atoms with Gasteiger partial charge in [0.15, 0.2) is 0 Å². The van der Waals surface area contributed by atoms with Crippen molar-refractivity contribution >= 4 is 0 Å². The van der Waals surface area contributed by atoms with E-state index in [1.54, 1.807) is 6.08 Å². The summed E-state index contributed by atoms with van der Waals surface area (Å²) in [6.07, 6.45) is 1.75. The van der Waals surface area contributed by atoms with Crippen molar-refractivity contribution in [3.63, 3.8) is 0 Å². The van der Waals surface area contributed by atoms with Crippen molar-refractivity contribution < 1.29 is 0 Å². The number of rotatable bonds is 2. The Hall–Kier alpha value is -1.55. The van der Waals surface area contributed by atoms with Crippen molar-refractivity contribution in [1.29, 1.82) is 5.26 Å². The molecule has 20 heavy (non-hydrogen) atoms. The fraction of sp³-hybridized carbons (Fsp3) is 0.526. The number of nitriles is 1. The Morgan fingerprint density at radius 1 is 1.15 bits per heavy atom. The van der Waals surface area contributed by atoms with Gasteiger partial charge in [-0.25, -0.2) is 0 Å². The lowest BCUT2D eigenvalue weighted by Crippen LogP contribution is -2.02. The van der Waals surface area contributed by atoms with Gasteiger partial charge in [0.1, 0.15) is 0 Å². The molecular weight excluding hydrogens is 242 g/mol. The van der Waals surface area contributed by atoms with E-state index >= 15 is 0 Å². The predicted octanol–water partition coefficient (Wildman–Crippen LogP) is 6.27. The van der Waals surface area contributed by atoms with Gasteiger partial charge in [-0.1, -0.05) is 45.9 Å². The third-order valence-electron chi connectivity index (χ3n) is 3.02. The van der Waals surface area contributed by atoms with Gasteiger partial charge in [0.2, 0.25) is 0 Å². The normalized spacial score (nSPS) is 10.4. The van der Waals surface area contributed by atoms with E-state index in [0.29, 0.717) is 5.92 Å². The van der Waals surface area contributed by atoms with Crippen LogP contribution in [0.3, 0.4) is 0 Å². The largest absolute Gasteiger partial charge is 0.198 e. The molecule has 112 valence electrons. The summed E-state index contributed by atoms with van der Waals surface area (Å²) in [5.41, 5.74) is 5.09. The lowest BCUT2D eigenvalue weighted by molar-refractivity contribution is 0.839. The summed E-state index contributed by atoms with van der Waals surface area (Å²) in [5, 5.41) is 9.02. The predicted molar refractivity (Wildman–Crippen MR) is 91.3 cm³/mol. The van der Waals surface area contributed by atoms with Crippen LogP contribution in [0.5, 0.6) is 0 Å². The molecule has 1 unspecified atom stereocenters. The van der Waals surface area contributed by atoms with Crippen LogP contribution in [-0.2, 0) is 0 Å². The number of nitrogens with zero attached hydrogens (tertiary/aromatic N) is 1. The Morgan fingerprint density at radius 2 is 1.60 bits per heavy atom. The van der Waals surface area contributed by atoms with Crippen molar-refractivity contribution in [1.82, 2.24) is 0 Å². The molecule has 0 heterocycles. The molecule has 1 atom stereocenters. The van der Waals surface area contributed by atoms with Crippen LogP contribution in [0.4, 0.5) is 0 Å². The molecule has 0 amide bonds. The van der Waals surface area contributed by atoms with E-state index in [0.717, 1.165) is 0 Å². The number of aryl methyl sites for hydroxylation is 1. The van der Waals surface area contributed by atoms with Crippen LogP contribution < -0.4 is 0 Å². The standard InChI is InChI=1S/C14H19N.C3H6.C2H6/c1-9(2)13-7-6-10(3)14(12(13)5)11(4)8-15;1-3-2;1-2/h6-7,9,11H,1-5H3;3H,1H2,2H3;1-2H3. The molecule has 0 aliphatic heterocycles. The first-order valence-electron chi connectivity index (χ1n) is 7.47. The van der Waals surface area contributed by atoms with Gasteiger partial charge in [-0.15, -0.1) is 6.58 Å². The third-order valence-corrected chi connectivity index (χ3v) is 3.02. The molecule has 0 N–H and O–H groups in total. The highest BCUT2D eigenvalue weighted by molar-refractivity contribution is 5.44. The molecule has 0 fully saturated rings. The summed E-state index contributed by atoms with van der Waals surface area (Å²) in [4.78, 5) is 0. The zero-order chi connectivity index (χ0) is 16.3. The Kier molecular flexibility index (Phi) is 11.7. The zero-order valence-electron chi connectivity index (χ0n) is 14.5. The smallest absolute Gasteiger partial charge is 0.0701 e. The molecule has 1 aromatic rings. The first-order chi connectivity index (χ1) is 9.40. The van der Waals surface area contributed by atoms with E-state index < -0.39 is 0 Å². The summed E-state index contributed by atoms with van der Waals surface area (Å²) in [6, 6.07) is 6.64. The topological polar surface area (TPSA) is 23.8 Å². The molecule has 1 nitrogen and oxygen atoms in total. The summed E-state index contributed by atoms with van der Waals surface area (Å²) >= 11 is 0. The van der Waals surface area contributed by atoms with E-state index in [1.807, 2.05) is 27.7 Å². The number of allylic oxidation sites excluding steroid dienone is 1. The third kappa shape index (κ3) is 6.06. The molecular formula is C19H31N. The molecule has 0 aromatic heterocycles. The summed E-state index contributed by atoms with van der Waals surface area (Å²) in [7, 11) is 0. The van der Waals surface area contributed by atoms with Crippen LogP contribution in [0.25, 0.3) is 0 Å². The minimum absolute atomic E-state index is 0.0105. The van der Waals surface area contributed by atoms with Crippen LogP contribution in [0.2, 0.25) is 0 Å². The quantitative estimate of drug-likeness (QED) is 0.582. The Morgan fingerprint density at radius 3 is 1.95 bits per heavy atom. The van der Waals surface area contributed by atoms with E-state index in [4.69, 9.17) is 5.26 Å². The van der Waals surface area contributed by atoms with E-state index in [2.05, 4.69) is 52.5 Å². The maximum atomic E-state index is 9.02. The molecule has 1 heteroatoms.